The van der Waals surface area contributed by atoms with E-state index in [1.165, 1.54) is 35.8 Å². The summed E-state index contributed by atoms with van der Waals surface area (Å²) in [5, 5.41) is 17.2. The highest BCUT2D eigenvalue weighted by Gasteiger charge is 2.57. The molecule has 13 heteroatoms. The van der Waals surface area contributed by atoms with Gasteiger partial charge >= 0.3 is 6.18 Å². The maximum atomic E-state index is 14.5. The fourth-order valence-electron chi connectivity index (χ4n) is 4.30. The zero-order valence-corrected chi connectivity index (χ0v) is 20.3. The number of ether oxygens (including phenoxy) is 1. The molecule has 0 radical (unpaired) electrons. The van der Waals surface area contributed by atoms with Crippen LogP contribution in [0.5, 0.6) is 5.75 Å². The maximum Gasteiger partial charge on any atom is 0.424 e. The third-order valence-electron chi connectivity index (χ3n) is 6.78. The van der Waals surface area contributed by atoms with Crippen molar-refractivity contribution in [2.75, 3.05) is 13.2 Å². The Balaban J connectivity index is 1.59. The van der Waals surface area contributed by atoms with Crippen LogP contribution >= 0.6 is 0 Å². The van der Waals surface area contributed by atoms with Gasteiger partial charge in [0.05, 0.1) is 29.5 Å². The Kier molecular flexibility index (Phi) is 6.06. The first kappa shape index (κ1) is 26.1. The number of amides is 2. The molecule has 9 nitrogen and oxygen atoms in total. The SMILES string of the molecule is C[C@]1(C(N)=O)COc2c1cc([C@@](O)(CNC(=O)c1cnn3cccc3c1)C(F)(F)F)nc2-c1ccc(F)cc1. The number of benzene rings is 1. The second kappa shape index (κ2) is 9.05. The molecule has 0 unspecified atom stereocenters. The number of pyridine rings is 1. The van der Waals surface area contributed by atoms with Crippen LogP contribution in [0.15, 0.2) is 60.9 Å². The minimum absolute atomic E-state index is 0.0215. The molecule has 2 atom stereocenters. The molecule has 1 aliphatic heterocycles. The van der Waals surface area contributed by atoms with Crippen molar-refractivity contribution in [3.63, 3.8) is 0 Å². The normalized spacial score (nSPS) is 18.3. The number of rotatable bonds is 6. The van der Waals surface area contributed by atoms with Crippen molar-refractivity contribution < 1.29 is 37.0 Å². The van der Waals surface area contributed by atoms with Crippen LogP contribution in [0.25, 0.3) is 16.8 Å². The van der Waals surface area contributed by atoms with Gasteiger partial charge in [-0.1, -0.05) is 0 Å². The summed E-state index contributed by atoms with van der Waals surface area (Å²) in [4.78, 5) is 29.1. The summed E-state index contributed by atoms with van der Waals surface area (Å²) in [6.07, 6.45) is -2.53. The van der Waals surface area contributed by atoms with Crippen molar-refractivity contribution in [1.29, 1.82) is 0 Å². The summed E-state index contributed by atoms with van der Waals surface area (Å²) >= 11 is 0. The van der Waals surface area contributed by atoms with E-state index in [0.29, 0.717) is 5.52 Å². The van der Waals surface area contributed by atoms with Gasteiger partial charge in [0.1, 0.15) is 29.3 Å². The molecular weight excluding hydrogens is 522 g/mol. The maximum absolute atomic E-state index is 14.5. The standard InChI is InChI=1S/C26H21F4N5O4/c1-24(23(31)37)13-39-21-18(24)10-19(34-20(21)14-4-6-16(27)7-5-14)25(38,26(28,29)30)12-32-22(36)15-9-17-3-2-8-35(17)33-11-15/h2-11,38H,12-13H2,1H3,(H2,31,37)(H,32,36)/t24-,25-/m0/s1. The number of carbonyl (C=O) groups is 2. The Labute approximate surface area is 218 Å². The van der Waals surface area contributed by atoms with E-state index in [1.807, 2.05) is 0 Å². The third-order valence-corrected chi connectivity index (χ3v) is 6.78. The van der Waals surface area contributed by atoms with Crippen LogP contribution in [-0.4, -0.2) is 50.8 Å². The quantitative estimate of drug-likeness (QED) is 0.321. The van der Waals surface area contributed by atoms with Crippen molar-refractivity contribution in [3.8, 4) is 17.0 Å². The van der Waals surface area contributed by atoms with E-state index in [0.717, 1.165) is 18.2 Å². The Bertz CT molecular complexity index is 1600. The largest absolute Gasteiger partial charge is 0.489 e. The van der Waals surface area contributed by atoms with Crippen LogP contribution in [-0.2, 0) is 15.8 Å². The number of primary amides is 1. The Morgan fingerprint density at radius 2 is 1.92 bits per heavy atom. The first-order chi connectivity index (χ1) is 18.3. The lowest BCUT2D eigenvalue weighted by molar-refractivity contribution is -0.265. The molecule has 202 valence electrons. The van der Waals surface area contributed by atoms with Gasteiger partial charge in [-0.2, -0.15) is 18.3 Å². The molecule has 0 fully saturated rings. The van der Waals surface area contributed by atoms with Crippen molar-refractivity contribution >= 4 is 17.3 Å². The molecule has 0 spiro atoms. The first-order valence-corrected chi connectivity index (χ1v) is 11.6. The second-order valence-electron chi connectivity index (χ2n) is 9.39. The molecule has 1 aromatic carbocycles. The van der Waals surface area contributed by atoms with E-state index >= 15 is 0 Å². The van der Waals surface area contributed by atoms with E-state index < -0.39 is 47.1 Å². The number of fused-ring (bicyclic) bond motifs is 2. The minimum atomic E-state index is -5.33. The van der Waals surface area contributed by atoms with Gasteiger partial charge in [0.15, 0.2) is 0 Å². The summed E-state index contributed by atoms with van der Waals surface area (Å²) in [6.45, 7) is -0.212. The summed E-state index contributed by atoms with van der Waals surface area (Å²) < 4.78 is 64.1. The number of carbonyl (C=O) groups excluding carboxylic acids is 2. The van der Waals surface area contributed by atoms with Crippen molar-refractivity contribution in [2.24, 2.45) is 5.73 Å². The monoisotopic (exact) mass is 543 g/mol. The minimum Gasteiger partial charge on any atom is -0.489 e. The lowest BCUT2D eigenvalue weighted by Crippen LogP contribution is -2.51. The molecule has 4 aromatic rings. The molecule has 2 amide bonds. The Hall–Kier alpha value is -4.52. The molecule has 0 bridgehead atoms. The smallest absolute Gasteiger partial charge is 0.424 e. The van der Waals surface area contributed by atoms with Crippen LogP contribution in [0.3, 0.4) is 0 Å². The van der Waals surface area contributed by atoms with Crippen LogP contribution in [0.1, 0.15) is 28.5 Å². The second-order valence-corrected chi connectivity index (χ2v) is 9.39. The molecule has 4 heterocycles. The molecular formula is C26H21F4N5O4. The van der Waals surface area contributed by atoms with Crippen LogP contribution < -0.4 is 15.8 Å². The number of hydrogen-bond donors (Lipinski definition) is 3. The molecule has 0 saturated heterocycles. The topological polar surface area (TPSA) is 132 Å². The number of nitrogens with two attached hydrogens (primary N) is 1. The average molecular weight is 543 g/mol. The van der Waals surface area contributed by atoms with E-state index in [4.69, 9.17) is 10.5 Å². The summed E-state index contributed by atoms with van der Waals surface area (Å²) in [5.41, 5.74) is -0.120. The van der Waals surface area contributed by atoms with Gasteiger partial charge in [-0.3, -0.25) is 9.59 Å². The highest BCUT2D eigenvalue weighted by molar-refractivity contribution is 5.95. The zero-order valence-electron chi connectivity index (χ0n) is 20.3. The van der Waals surface area contributed by atoms with Gasteiger partial charge in [-0.15, -0.1) is 0 Å². The number of hydrogen-bond acceptors (Lipinski definition) is 6. The molecule has 0 aliphatic carbocycles. The number of aliphatic hydroxyl groups is 1. The summed E-state index contributed by atoms with van der Waals surface area (Å²) in [7, 11) is 0. The van der Waals surface area contributed by atoms with Crippen molar-refractivity contribution in [2.45, 2.75) is 24.1 Å². The summed E-state index contributed by atoms with van der Waals surface area (Å²) in [6, 6.07) is 10.3. The fraction of sp³-hybridized carbons (Fsp3) is 0.231. The van der Waals surface area contributed by atoms with Gasteiger partial charge in [0.25, 0.3) is 5.91 Å². The van der Waals surface area contributed by atoms with Gasteiger partial charge < -0.3 is 20.9 Å². The van der Waals surface area contributed by atoms with Crippen LogP contribution in [0.2, 0.25) is 0 Å². The third kappa shape index (κ3) is 4.34. The summed E-state index contributed by atoms with van der Waals surface area (Å²) in [5.74, 6) is -2.41. The van der Waals surface area contributed by atoms with Gasteiger partial charge in [0.2, 0.25) is 11.5 Å². The van der Waals surface area contributed by atoms with E-state index in [1.54, 1.807) is 18.3 Å². The van der Waals surface area contributed by atoms with Crippen molar-refractivity contribution in [3.05, 3.63) is 83.6 Å². The highest BCUT2D eigenvalue weighted by atomic mass is 19.4. The zero-order chi connectivity index (χ0) is 28.2. The molecule has 4 N–H and O–H groups in total. The molecule has 5 rings (SSSR count). The molecule has 39 heavy (non-hydrogen) atoms. The van der Waals surface area contributed by atoms with E-state index in [-0.39, 0.29) is 34.7 Å². The molecule has 1 aliphatic rings. The van der Waals surface area contributed by atoms with E-state index in [2.05, 4.69) is 15.4 Å². The Morgan fingerprint density at radius 1 is 1.21 bits per heavy atom. The number of halogens is 4. The first-order valence-electron chi connectivity index (χ1n) is 11.6. The van der Waals surface area contributed by atoms with Crippen LogP contribution in [0, 0.1) is 5.82 Å². The van der Waals surface area contributed by atoms with Gasteiger partial charge in [-0.25, -0.2) is 13.9 Å². The lowest BCUT2D eigenvalue weighted by Gasteiger charge is -2.31. The Morgan fingerprint density at radius 3 is 2.59 bits per heavy atom. The fourth-order valence-corrected chi connectivity index (χ4v) is 4.30. The number of alkyl halides is 3. The predicted octanol–water partition coefficient (Wildman–Crippen LogP) is 2.85. The van der Waals surface area contributed by atoms with E-state index in [9.17, 15) is 32.3 Å². The van der Waals surface area contributed by atoms with Crippen LogP contribution in [0.4, 0.5) is 17.6 Å². The number of nitrogens with one attached hydrogen (secondary N) is 1. The van der Waals surface area contributed by atoms with Gasteiger partial charge in [0, 0.05) is 17.3 Å². The average Bonchev–Trinajstić information content (AvgIpc) is 3.51. The lowest BCUT2D eigenvalue weighted by atomic mass is 9.81. The molecule has 3 aromatic heterocycles. The highest BCUT2D eigenvalue weighted by Crippen LogP contribution is 2.47. The molecule has 0 saturated carbocycles. The van der Waals surface area contributed by atoms with Crippen molar-refractivity contribution in [1.82, 2.24) is 19.9 Å². The number of aromatic nitrogens is 3. The predicted molar refractivity (Wildman–Crippen MR) is 129 cm³/mol. The number of nitrogens with zero attached hydrogens (tertiary/aromatic N) is 3. The van der Waals surface area contributed by atoms with Gasteiger partial charge in [-0.05, 0) is 55.5 Å².